The van der Waals surface area contributed by atoms with Crippen molar-refractivity contribution in [2.24, 2.45) is 0 Å². The van der Waals surface area contributed by atoms with Gasteiger partial charge < -0.3 is 14.1 Å². The van der Waals surface area contributed by atoms with E-state index in [1.54, 1.807) is 35.3 Å². The molecule has 176 valence electrons. The summed E-state index contributed by atoms with van der Waals surface area (Å²) in [5.41, 5.74) is 0.314. The van der Waals surface area contributed by atoms with Crippen molar-refractivity contribution in [1.82, 2.24) is 24.6 Å². The molecular formula is C24H30FN5O3. The van der Waals surface area contributed by atoms with E-state index in [4.69, 9.17) is 9.15 Å². The molecule has 0 spiro atoms. The second-order valence-electron chi connectivity index (χ2n) is 9.26. The molecule has 3 aromatic rings. The van der Waals surface area contributed by atoms with E-state index < -0.39 is 0 Å². The first-order valence-corrected chi connectivity index (χ1v) is 11.2. The molecule has 0 atom stereocenters. The quantitative estimate of drug-likeness (QED) is 0.564. The molecule has 0 bridgehead atoms. The Morgan fingerprint density at radius 1 is 1.12 bits per heavy atom. The van der Waals surface area contributed by atoms with E-state index >= 15 is 0 Å². The summed E-state index contributed by atoms with van der Waals surface area (Å²) in [5.74, 6) is 1.71. The first-order chi connectivity index (χ1) is 15.8. The number of carbonyl (C=O) groups excluding carboxylic acids is 1. The second-order valence-corrected chi connectivity index (χ2v) is 9.26. The SMILES string of the molecule is CC(C)(C)c1cnc(CN2CCCN(C(=O)c3ccn(COc4ccc(F)cc4)n3)CC2)o1. The molecule has 1 aromatic carbocycles. The standard InChI is InChI=1S/C24H30FN5O3/c1-24(2,3)21-15-26-22(33-21)16-28-10-4-11-29(14-13-28)23(31)20-9-12-30(27-20)17-32-19-7-5-18(25)6-8-19/h5-9,12,15H,4,10-11,13-14,16-17H2,1-3H3. The number of hydrogen-bond donors (Lipinski definition) is 0. The van der Waals surface area contributed by atoms with Crippen LogP contribution in [0.4, 0.5) is 4.39 Å². The van der Waals surface area contributed by atoms with Crippen molar-refractivity contribution >= 4 is 5.91 Å². The largest absolute Gasteiger partial charge is 0.471 e. The Morgan fingerprint density at radius 3 is 2.64 bits per heavy atom. The third-order valence-electron chi connectivity index (χ3n) is 5.56. The summed E-state index contributed by atoms with van der Waals surface area (Å²) in [6.07, 6.45) is 4.38. The maximum atomic E-state index is 13.0. The van der Waals surface area contributed by atoms with Gasteiger partial charge in [-0.3, -0.25) is 9.69 Å². The fourth-order valence-corrected chi connectivity index (χ4v) is 3.63. The van der Waals surface area contributed by atoms with Crippen LogP contribution in [0.1, 0.15) is 49.3 Å². The molecule has 3 heterocycles. The van der Waals surface area contributed by atoms with Gasteiger partial charge in [0, 0.05) is 37.8 Å². The van der Waals surface area contributed by atoms with Crippen LogP contribution in [0.5, 0.6) is 5.75 Å². The summed E-state index contributed by atoms with van der Waals surface area (Å²) < 4.78 is 26.1. The van der Waals surface area contributed by atoms with Crippen molar-refractivity contribution in [3.05, 3.63) is 65.9 Å². The van der Waals surface area contributed by atoms with E-state index in [0.29, 0.717) is 37.0 Å². The number of oxazole rings is 1. The number of ether oxygens (including phenoxy) is 1. The van der Waals surface area contributed by atoms with E-state index in [1.807, 2.05) is 4.90 Å². The average molecular weight is 456 g/mol. The number of hydrogen-bond acceptors (Lipinski definition) is 6. The monoisotopic (exact) mass is 455 g/mol. The van der Waals surface area contributed by atoms with E-state index in [1.165, 1.54) is 12.1 Å². The lowest BCUT2D eigenvalue weighted by Crippen LogP contribution is -2.35. The number of benzene rings is 1. The fraction of sp³-hybridized carbons (Fsp3) is 0.458. The zero-order valence-corrected chi connectivity index (χ0v) is 19.3. The van der Waals surface area contributed by atoms with Gasteiger partial charge in [-0.2, -0.15) is 5.10 Å². The van der Waals surface area contributed by atoms with Gasteiger partial charge >= 0.3 is 0 Å². The zero-order chi connectivity index (χ0) is 23.4. The molecule has 8 nitrogen and oxygen atoms in total. The lowest BCUT2D eigenvalue weighted by Gasteiger charge is -2.20. The topological polar surface area (TPSA) is 76.6 Å². The Labute approximate surface area is 193 Å². The Balaban J connectivity index is 1.29. The maximum Gasteiger partial charge on any atom is 0.274 e. The third-order valence-corrected chi connectivity index (χ3v) is 5.56. The summed E-state index contributed by atoms with van der Waals surface area (Å²) in [7, 11) is 0. The van der Waals surface area contributed by atoms with Crippen molar-refractivity contribution in [2.75, 3.05) is 26.2 Å². The molecule has 1 amide bonds. The van der Waals surface area contributed by atoms with Gasteiger partial charge in [0.15, 0.2) is 12.4 Å². The Hall–Kier alpha value is -3.20. The minimum atomic E-state index is -0.319. The number of aromatic nitrogens is 3. The summed E-state index contributed by atoms with van der Waals surface area (Å²) in [4.78, 5) is 21.5. The van der Waals surface area contributed by atoms with E-state index in [2.05, 4.69) is 35.8 Å². The smallest absolute Gasteiger partial charge is 0.274 e. The van der Waals surface area contributed by atoms with Crippen LogP contribution in [0.15, 0.2) is 47.1 Å². The van der Waals surface area contributed by atoms with Crippen molar-refractivity contribution in [2.45, 2.75) is 45.9 Å². The summed E-state index contributed by atoms with van der Waals surface area (Å²) in [6, 6.07) is 7.47. The molecular weight excluding hydrogens is 425 g/mol. The summed E-state index contributed by atoms with van der Waals surface area (Å²) in [5, 5.41) is 4.35. The van der Waals surface area contributed by atoms with Gasteiger partial charge in [-0.1, -0.05) is 20.8 Å². The van der Waals surface area contributed by atoms with Crippen LogP contribution < -0.4 is 4.74 Å². The lowest BCUT2D eigenvalue weighted by atomic mass is 9.94. The molecule has 33 heavy (non-hydrogen) atoms. The van der Waals surface area contributed by atoms with Crippen LogP contribution in [-0.2, 0) is 18.7 Å². The summed E-state index contributed by atoms with van der Waals surface area (Å²) >= 11 is 0. The molecule has 4 rings (SSSR count). The molecule has 0 aliphatic carbocycles. The molecule has 2 aromatic heterocycles. The van der Waals surface area contributed by atoms with Crippen LogP contribution in [0, 0.1) is 5.82 Å². The van der Waals surface area contributed by atoms with E-state index in [9.17, 15) is 9.18 Å². The van der Waals surface area contributed by atoms with Gasteiger partial charge in [0.25, 0.3) is 5.91 Å². The van der Waals surface area contributed by atoms with Crippen molar-refractivity contribution in [3.63, 3.8) is 0 Å². The average Bonchev–Trinajstić information content (AvgIpc) is 3.39. The molecule has 9 heteroatoms. The first kappa shape index (κ1) is 23.0. The van der Waals surface area contributed by atoms with Gasteiger partial charge in [0.1, 0.15) is 17.3 Å². The second kappa shape index (κ2) is 9.74. The van der Waals surface area contributed by atoms with Crippen LogP contribution in [0.25, 0.3) is 0 Å². The molecule has 1 saturated heterocycles. The van der Waals surface area contributed by atoms with Crippen LogP contribution >= 0.6 is 0 Å². The van der Waals surface area contributed by atoms with Crippen molar-refractivity contribution < 1.29 is 18.3 Å². The number of rotatable bonds is 6. The van der Waals surface area contributed by atoms with Gasteiger partial charge in [-0.15, -0.1) is 0 Å². The molecule has 1 aliphatic heterocycles. The highest BCUT2D eigenvalue weighted by Gasteiger charge is 2.24. The predicted octanol–water partition coefficient (Wildman–Crippen LogP) is 3.69. The number of nitrogens with zero attached hydrogens (tertiary/aromatic N) is 5. The first-order valence-electron chi connectivity index (χ1n) is 11.2. The van der Waals surface area contributed by atoms with Crippen molar-refractivity contribution in [3.8, 4) is 5.75 Å². The minimum Gasteiger partial charge on any atom is -0.471 e. The van der Waals surface area contributed by atoms with Crippen LogP contribution in [0.3, 0.4) is 0 Å². The minimum absolute atomic E-state index is 0.0687. The molecule has 0 saturated carbocycles. The highest BCUT2D eigenvalue weighted by atomic mass is 19.1. The van der Waals surface area contributed by atoms with E-state index in [0.717, 1.165) is 25.3 Å². The Morgan fingerprint density at radius 2 is 1.91 bits per heavy atom. The lowest BCUT2D eigenvalue weighted by molar-refractivity contribution is 0.0752. The summed E-state index contributed by atoms with van der Waals surface area (Å²) in [6.45, 7) is 9.98. The van der Waals surface area contributed by atoms with E-state index in [-0.39, 0.29) is 23.9 Å². The number of carbonyl (C=O) groups is 1. The Kier molecular flexibility index (Phi) is 6.78. The van der Waals surface area contributed by atoms with Crippen LogP contribution in [0.2, 0.25) is 0 Å². The van der Waals surface area contributed by atoms with Gasteiger partial charge in [-0.05, 0) is 36.8 Å². The van der Waals surface area contributed by atoms with Gasteiger partial charge in [0.2, 0.25) is 5.89 Å². The highest BCUT2D eigenvalue weighted by molar-refractivity contribution is 5.92. The fourth-order valence-electron chi connectivity index (χ4n) is 3.63. The van der Waals surface area contributed by atoms with Gasteiger partial charge in [0.05, 0.1) is 12.7 Å². The molecule has 1 aliphatic rings. The van der Waals surface area contributed by atoms with Gasteiger partial charge in [-0.25, -0.2) is 14.1 Å². The molecule has 0 unspecified atom stereocenters. The predicted molar refractivity (Wildman–Crippen MR) is 120 cm³/mol. The maximum absolute atomic E-state index is 13.0. The zero-order valence-electron chi connectivity index (χ0n) is 19.3. The Bertz CT molecular complexity index is 1070. The molecule has 0 radical (unpaired) electrons. The molecule has 0 N–H and O–H groups in total. The highest BCUT2D eigenvalue weighted by Crippen LogP contribution is 2.23. The normalized spacial score (nSPS) is 15.5. The van der Waals surface area contributed by atoms with Crippen LogP contribution in [-0.4, -0.2) is 56.7 Å². The number of halogens is 1. The third kappa shape index (κ3) is 5.98. The number of amides is 1. The van der Waals surface area contributed by atoms with Crippen molar-refractivity contribution in [1.29, 1.82) is 0 Å². The molecule has 1 fully saturated rings.